The van der Waals surface area contributed by atoms with E-state index in [1.165, 1.54) is 16.3 Å². The minimum atomic E-state index is -0.811. The van der Waals surface area contributed by atoms with Gasteiger partial charge in [-0.2, -0.15) is 40.5 Å². The van der Waals surface area contributed by atoms with E-state index in [2.05, 4.69) is 60.3 Å². The van der Waals surface area contributed by atoms with Gasteiger partial charge in [0, 0.05) is 72.1 Å². The van der Waals surface area contributed by atoms with Gasteiger partial charge in [0.1, 0.15) is 12.1 Å². The van der Waals surface area contributed by atoms with Gasteiger partial charge in [0.05, 0.1) is 34.8 Å². The number of amides is 2. The summed E-state index contributed by atoms with van der Waals surface area (Å²) in [5.74, 6) is -0.399. The van der Waals surface area contributed by atoms with Crippen molar-refractivity contribution in [2.75, 3.05) is 20.3 Å². The maximum Gasteiger partial charge on any atom is 0.324 e. The van der Waals surface area contributed by atoms with E-state index in [0.717, 1.165) is 69.1 Å². The number of hydrazine groups is 1. The number of cyclic esters (lactones) is 1. The number of carbonyl (C=O) groups excluding carboxylic acids is 3. The maximum atomic E-state index is 14.0. The van der Waals surface area contributed by atoms with E-state index in [1.54, 1.807) is 13.3 Å². The third kappa shape index (κ3) is 9.30. The Morgan fingerprint density at radius 3 is 2.67 bits per heavy atom. The zero-order chi connectivity index (χ0) is 35.9. The number of hydrogen-bond acceptors (Lipinski definition) is 9. The lowest BCUT2D eigenvalue weighted by Crippen LogP contribution is -2.60. The molecule has 1 aromatic carbocycles. The number of carbonyl (C=O) groups is 3. The zero-order valence-electron chi connectivity index (χ0n) is 31.7. The van der Waals surface area contributed by atoms with Gasteiger partial charge >= 0.3 is 5.97 Å². The molecule has 2 aliphatic heterocycles. The molecule has 15 heteroatoms. The average Bonchev–Trinajstić information content (AvgIpc) is 3.73. The van der Waals surface area contributed by atoms with Gasteiger partial charge in [0.15, 0.2) is 0 Å². The van der Waals surface area contributed by atoms with E-state index in [9.17, 15) is 14.4 Å². The molecule has 11 nitrogen and oxygen atoms in total. The Balaban J connectivity index is 0.00000217. The van der Waals surface area contributed by atoms with Crippen molar-refractivity contribution in [1.29, 1.82) is 0 Å². The van der Waals surface area contributed by atoms with Crippen LogP contribution in [0.4, 0.5) is 0 Å². The van der Waals surface area contributed by atoms with Crippen molar-refractivity contribution in [3.8, 4) is 22.5 Å². The number of pyridine rings is 1. The molecule has 1 aliphatic carbocycles. The van der Waals surface area contributed by atoms with Crippen molar-refractivity contribution in [1.82, 2.24) is 30.3 Å². The second-order valence-corrected chi connectivity index (χ2v) is 15.9. The van der Waals surface area contributed by atoms with Gasteiger partial charge in [0.2, 0.25) is 5.91 Å². The van der Waals surface area contributed by atoms with Gasteiger partial charge in [-0.25, -0.2) is 10.4 Å². The predicted octanol–water partition coefficient (Wildman–Crippen LogP) is 6.34. The number of nitrogens with zero attached hydrogens (tertiary/aromatic N) is 4. The summed E-state index contributed by atoms with van der Waals surface area (Å²) in [6, 6.07) is 9.07. The highest BCUT2D eigenvalue weighted by Gasteiger charge is 2.36. The normalized spacial score (nSPS) is 20.4. The smallest absolute Gasteiger partial charge is 0.324 e. The molecule has 0 spiro atoms. The Bertz CT molecular complexity index is 1960. The second kappa shape index (κ2) is 18.2. The number of aromatic nitrogens is 3. The monoisotopic (exact) mass is 814 g/mol. The fourth-order valence-electron chi connectivity index (χ4n) is 7.40. The van der Waals surface area contributed by atoms with Crippen LogP contribution in [0.1, 0.15) is 82.2 Å². The number of thiazole rings is 1. The van der Waals surface area contributed by atoms with Crippen LogP contribution in [0.3, 0.4) is 0 Å². The van der Waals surface area contributed by atoms with Crippen LogP contribution in [-0.4, -0.2) is 69.7 Å². The van der Waals surface area contributed by atoms with Gasteiger partial charge in [0.25, 0.3) is 5.91 Å². The highest BCUT2D eigenvalue weighted by Crippen LogP contribution is 2.42. The Labute approximate surface area is 342 Å². The Hall–Kier alpha value is -3.08. The first-order chi connectivity index (χ1) is 24.5. The van der Waals surface area contributed by atoms with Gasteiger partial charge in [-0.15, -0.1) is 11.3 Å². The summed E-state index contributed by atoms with van der Waals surface area (Å²) in [5.41, 5.74) is 9.70. The van der Waals surface area contributed by atoms with Crippen molar-refractivity contribution in [3.05, 3.63) is 58.2 Å². The summed E-state index contributed by atoms with van der Waals surface area (Å²) in [6.45, 7) is 9.77. The Morgan fingerprint density at radius 2 is 1.94 bits per heavy atom. The molecular formula is C39H54N6O5S4. The van der Waals surface area contributed by atoms with Gasteiger partial charge < -0.3 is 19.4 Å². The van der Waals surface area contributed by atoms with Crippen LogP contribution in [0.25, 0.3) is 33.4 Å². The lowest BCUT2D eigenvalue weighted by molar-refractivity contribution is -0.155. The summed E-state index contributed by atoms with van der Waals surface area (Å²) in [4.78, 5) is 50.4. The van der Waals surface area contributed by atoms with E-state index in [0.29, 0.717) is 38.1 Å². The Kier molecular flexibility index (Phi) is 14.7. The molecule has 54 heavy (non-hydrogen) atoms. The number of fused-ring (bicyclic) bond motifs is 6. The Morgan fingerprint density at radius 1 is 1.17 bits per heavy atom. The molecule has 0 radical (unpaired) electrons. The quantitative estimate of drug-likeness (QED) is 0.207. The minimum Gasteiger partial charge on any atom is -0.464 e. The largest absolute Gasteiger partial charge is 0.464 e. The first-order valence-electron chi connectivity index (χ1n) is 18.2. The molecule has 3 aromatic heterocycles. The predicted molar refractivity (Wildman–Crippen MR) is 228 cm³/mol. The fourth-order valence-corrected chi connectivity index (χ4v) is 8.25. The van der Waals surface area contributed by atoms with Crippen LogP contribution in [-0.2, 0) is 43.2 Å². The van der Waals surface area contributed by atoms with Gasteiger partial charge in [-0.1, -0.05) is 19.9 Å². The lowest BCUT2D eigenvalue weighted by Gasteiger charge is -2.35. The van der Waals surface area contributed by atoms with Gasteiger partial charge in [-0.3, -0.25) is 24.4 Å². The molecule has 1 saturated heterocycles. The molecule has 5 heterocycles. The van der Waals surface area contributed by atoms with Crippen LogP contribution in [0, 0.1) is 11.3 Å². The third-order valence-electron chi connectivity index (χ3n) is 10.3. The van der Waals surface area contributed by atoms with Crippen LogP contribution < -0.4 is 10.7 Å². The fraction of sp³-hybridized carbons (Fsp3) is 0.513. The summed E-state index contributed by atoms with van der Waals surface area (Å²) < 4.78 is 14.2. The summed E-state index contributed by atoms with van der Waals surface area (Å²) in [7, 11) is 1.70. The van der Waals surface area contributed by atoms with E-state index in [4.69, 9.17) is 19.4 Å². The van der Waals surface area contributed by atoms with Crippen molar-refractivity contribution in [2.45, 2.75) is 97.4 Å². The van der Waals surface area contributed by atoms with Crippen molar-refractivity contribution in [2.24, 2.45) is 11.3 Å². The average molecular weight is 815 g/mol. The number of rotatable bonds is 7. The lowest BCUT2D eigenvalue weighted by atomic mass is 9.84. The first kappa shape index (κ1) is 43.6. The number of ether oxygens (including phenoxy) is 2. The summed E-state index contributed by atoms with van der Waals surface area (Å²) in [6.07, 6.45) is 6.17. The molecule has 294 valence electrons. The molecule has 1 saturated carbocycles. The number of nitrogens with one attached hydrogen (secondary N) is 2. The van der Waals surface area contributed by atoms with Crippen LogP contribution >= 0.6 is 51.8 Å². The van der Waals surface area contributed by atoms with Crippen molar-refractivity contribution in [3.63, 3.8) is 0 Å². The standard InChI is InChI=1S/C39H48N6O5S.3H2S/c1-6-44-32-14-13-25-18-27(32)28(36(44)26-9-7-15-40-35(26)23(2)49-5)20-39(3,4)22-50-38(48)29-10-8-16-45(43-29)37(47)30(19-34-42-31(25)21-51-34)41-33(46)17-24-11-12-24;;;/h7,9,13-15,18,21,23-24,29-30,43H,6,8,10-12,16-17,19-20,22H2,1-5H3,(H,41,46);3*1H2/t23-,29-,30-;;;/m0.../s1. The second-order valence-electron chi connectivity index (χ2n) is 15.0. The van der Waals surface area contributed by atoms with Crippen LogP contribution in [0.2, 0.25) is 0 Å². The maximum absolute atomic E-state index is 14.0. The highest BCUT2D eigenvalue weighted by atomic mass is 32.1. The van der Waals surface area contributed by atoms with Crippen LogP contribution in [0.15, 0.2) is 41.9 Å². The van der Waals surface area contributed by atoms with Crippen molar-refractivity contribution >= 4 is 80.5 Å². The zero-order valence-corrected chi connectivity index (χ0v) is 35.5. The molecule has 3 aliphatic rings. The molecular weight excluding hydrogens is 761 g/mol. The third-order valence-corrected chi connectivity index (χ3v) is 11.2. The first-order valence-corrected chi connectivity index (χ1v) is 19.0. The molecule has 2 fully saturated rings. The number of hydrogen-bond donors (Lipinski definition) is 2. The van der Waals surface area contributed by atoms with Gasteiger partial charge in [-0.05, 0) is 81.7 Å². The number of methoxy groups -OCH3 is 1. The highest BCUT2D eigenvalue weighted by molar-refractivity contribution is 7.59. The van der Waals surface area contributed by atoms with Crippen molar-refractivity contribution < 1.29 is 23.9 Å². The molecule has 0 unspecified atom stereocenters. The molecule has 7 rings (SSSR count). The molecule has 2 amide bonds. The number of benzene rings is 1. The molecule has 2 N–H and O–H groups in total. The SMILES string of the molecule is CCn1c(-c2cccnc2[C@H](C)OC)c2c3cc(ccc31)-c1csc(n1)C[C@H](NC(=O)CC1CC1)C(=O)N1CCC[C@H](N1)C(=O)OCC(C)(C)C2.S.S.S. The number of esters is 1. The van der Waals surface area contributed by atoms with E-state index in [1.807, 2.05) is 18.4 Å². The number of aryl methyl sites for hydroxylation is 1. The van der Waals surface area contributed by atoms with E-state index >= 15 is 0 Å². The summed E-state index contributed by atoms with van der Waals surface area (Å²) in [5, 5.41) is 8.39. The van der Waals surface area contributed by atoms with E-state index in [-0.39, 0.29) is 77.4 Å². The molecule has 3 atom stereocenters. The minimum absolute atomic E-state index is 0. The topological polar surface area (TPSA) is 128 Å². The van der Waals surface area contributed by atoms with E-state index < -0.39 is 17.5 Å². The molecule has 6 bridgehead atoms. The van der Waals surface area contributed by atoms with Crippen LogP contribution in [0.5, 0.6) is 0 Å². The molecule has 4 aromatic rings. The summed E-state index contributed by atoms with van der Waals surface area (Å²) >= 11 is 1.49.